The summed E-state index contributed by atoms with van der Waals surface area (Å²) in [6.07, 6.45) is 0. The van der Waals surface area contributed by atoms with Crippen LogP contribution in [0.1, 0.15) is 6.92 Å². The maximum absolute atomic E-state index is 11.6. The monoisotopic (exact) mass is 253 g/mol. The van der Waals surface area contributed by atoms with Crippen LogP contribution in [0, 0.1) is 0 Å². The highest BCUT2D eigenvalue weighted by molar-refractivity contribution is 7.99. The molecule has 0 aliphatic carbocycles. The molecular weight excluding hydrogens is 238 g/mol. The second-order valence-electron chi connectivity index (χ2n) is 3.85. The topological polar surface area (TPSA) is 55.4 Å². The molecule has 5 heteroatoms. The van der Waals surface area contributed by atoms with Crippen molar-refractivity contribution in [3.05, 3.63) is 34.8 Å². The number of nitrogens with zero attached hydrogens (tertiary/aromatic N) is 1. The lowest BCUT2D eigenvalue weighted by Gasteiger charge is -2.07. The Labute approximate surface area is 103 Å². The molecule has 1 aromatic heterocycles. The molecule has 92 valence electrons. The van der Waals surface area contributed by atoms with Crippen molar-refractivity contribution in [1.29, 1.82) is 0 Å². The molecule has 17 heavy (non-hydrogen) atoms. The molecule has 4 nitrogen and oxygen atoms in total. The summed E-state index contributed by atoms with van der Waals surface area (Å²) < 4.78 is 6.76. The molecule has 1 aromatic carbocycles. The first-order chi connectivity index (χ1) is 8.22. The van der Waals surface area contributed by atoms with Gasteiger partial charge in [0.15, 0.2) is 5.58 Å². The maximum atomic E-state index is 11.6. The number of benzene rings is 1. The van der Waals surface area contributed by atoms with Gasteiger partial charge in [0.05, 0.1) is 12.1 Å². The molecule has 0 aliphatic heterocycles. The Balaban J connectivity index is 2.13. The van der Waals surface area contributed by atoms with Crippen LogP contribution < -0.4 is 5.76 Å². The summed E-state index contributed by atoms with van der Waals surface area (Å²) in [7, 11) is 0. The van der Waals surface area contributed by atoms with Gasteiger partial charge in [0.2, 0.25) is 0 Å². The van der Waals surface area contributed by atoms with E-state index in [1.54, 1.807) is 22.4 Å². The van der Waals surface area contributed by atoms with Gasteiger partial charge in [-0.1, -0.05) is 19.1 Å². The van der Waals surface area contributed by atoms with Gasteiger partial charge in [0.1, 0.15) is 0 Å². The normalized spacial score (nSPS) is 13.1. The second kappa shape index (κ2) is 5.42. The fraction of sp³-hybridized carbons (Fsp3) is 0.417. The summed E-state index contributed by atoms with van der Waals surface area (Å²) >= 11 is 1.64. The number of fused-ring (bicyclic) bond motifs is 1. The van der Waals surface area contributed by atoms with Crippen LogP contribution in [0.15, 0.2) is 33.5 Å². The number of aliphatic hydroxyl groups excluding tert-OH is 1. The fourth-order valence-corrected chi connectivity index (χ4v) is 2.42. The molecule has 0 aliphatic rings. The van der Waals surface area contributed by atoms with E-state index < -0.39 is 0 Å². The van der Waals surface area contributed by atoms with Crippen LogP contribution in [0.5, 0.6) is 0 Å². The molecule has 1 unspecified atom stereocenters. The van der Waals surface area contributed by atoms with E-state index in [1.165, 1.54) is 0 Å². The Morgan fingerprint density at radius 2 is 2.24 bits per heavy atom. The predicted molar refractivity (Wildman–Crippen MR) is 69.5 cm³/mol. The number of aliphatic hydroxyl groups is 1. The number of aryl methyl sites for hydroxylation is 1. The molecule has 1 N–H and O–H groups in total. The number of thioether (sulfide) groups is 1. The minimum atomic E-state index is -0.316. The Hall–Kier alpha value is -1.20. The van der Waals surface area contributed by atoms with Crippen molar-refractivity contribution in [3.63, 3.8) is 0 Å². The number of hydrogen-bond donors (Lipinski definition) is 1. The quantitative estimate of drug-likeness (QED) is 0.881. The van der Waals surface area contributed by atoms with Gasteiger partial charge < -0.3 is 9.52 Å². The number of aromatic nitrogens is 1. The third-order valence-corrected chi connectivity index (χ3v) is 3.68. The highest BCUT2D eigenvalue weighted by atomic mass is 32.2. The summed E-state index contributed by atoms with van der Waals surface area (Å²) in [6, 6.07) is 7.40. The van der Waals surface area contributed by atoms with E-state index in [4.69, 9.17) is 9.52 Å². The summed E-state index contributed by atoms with van der Waals surface area (Å²) in [5.74, 6) is 0.467. The lowest BCUT2D eigenvalue weighted by molar-refractivity contribution is 0.300. The van der Waals surface area contributed by atoms with E-state index in [2.05, 4.69) is 0 Å². The Kier molecular flexibility index (Phi) is 3.91. The van der Waals surface area contributed by atoms with E-state index in [0.717, 1.165) is 11.3 Å². The molecule has 0 radical (unpaired) electrons. The van der Waals surface area contributed by atoms with E-state index in [1.807, 2.05) is 25.1 Å². The Morgan fingerprint density at radius 1 is 1.47 bits per heavy atom. The van der Waals surface area contributed by atoms with Crippen molar-refractivity contribution >= 4 is 22.9 Å². The van der Waals surface area contributed by atoms with Crippen LogP contribution in [-0.4, -0.2) is 27.3 Å². The fourth-order valence-electron chi connectivity index (χ4n) is 1.62. The van der Waals surface area contributed by atoms with Crippen LogP contribution in [0.4, 0.5) is 0 Å². The molecule has 0 bridgehead atoms. The molecule has 1 atom stereocenters. The van der Waals surface area contributed by atoms with Gasteiger partial charge in [-0.05, 0) is 12.1 Å². The highest BCUT2D eigenvalue weighted by Crippen LogP contribution is 2.14. The number of rotatable bonds is 5. The Bertz CT molecular complexity index is 546. The minimum absolute atomic E-state index is 0.158. The lowest BCUT2D eigenvalue weighted by atomic mass is 10.3. The molecule has 1 heterocycles. The summed E-state index contributed by atoms with van der Waals surface area (Å²) in [5.41, 5.74) is 1.45. The van der Waals surface area contributed by atoms with E-state index in [9.17, 15) is 4.79 Å². The van der Waals surface area contributed by atoms with E-state index in [-0.39, 0.29) is 17.6 Å². The zero-order valence-electron chi connectivity index (χ0n) is 9.63. The first-order valence-corrected chi connectivity index (χ1v) is 6.58. The van der Waals surface area contributed by atoms with Crippen molar-refractivity contribution in [1.82, 2.24) is 4.57 Å². The van der Waals surface area contributed by atoms with Crippen molar-refractivity contribution in [3.8, 4) is 0 Å². The maximum Gasteiger partial charge on any atom is 0.419 e. The van der Waals surface area contributed by atoms with Crippen LogP contribution >= 0.6 is 11.8 Å². The van der Waals surface area contributed by atoms with Crippen molar-refractivity contribution in [2.45, 2.75) is 18.7 Å². The van der Waals surface area contributed by atoms with Gasteiger partial charge in [0, 0.05) is 17.5 Å². The van der Waals surface area contributed by atoms with Crippen LogP contribution in [0.3, 0.4) is 0 Å². The molecule has 0 spiro atoms. The van der Waals surface area contributed by atoms with Gasteiger partial charge in [0.25, 0.3) is 0 Å². The van der Waals surface area contributed by atoms with Gasteiger partial charge in [-0.15, -0.1) is 0 Å². The van der Waals surface area contributed by atoms with Gasteiger partial charge in [-0.25, -0.2) is 4.79 Å². The second-order valence-corrected chi connectivity index (χ2v) is 5.40. The standard InChI is InChI=1S/C12H15NO3S/c1-9(8-14)17-7-6-13-10-4-2-3-5-11(10)16-12(13)15/h2-5,9,14H,6-8H2,1H3. The minimum Gasteiger partial charge on any atom is -0.408 e. The van der Waals surface area contributed by atoms with Gasteiger partial charge in [-0.2, -0.15) is 11.8 Å². The summed E-state index contributed by atoms with van der Waals surface area (Å²) in [6.45, 7) is 2.72. The third kappa shape index (κ3) is 2.73. The van der Waals surface area contributed by atoms with Gasteiger partial charge >= 0.3 is 5.76 Å². The zero-order chi connectivity index (χ0) is 12.3. The Morgan fingerprint density at radius 3 is 3.00 bits per heavy atom. The van der Waals surface area contributed by atoms with Crippen molar-refractivity contribution in [2.75, 3.05) is 12.4 Å². The van der Waals surface area contributed by atoms with Crippen molar-refractivity contribution in [2.24, 2.45) is 0 Å². The first kappa shape index (κ1) is 12.3. The summed E-state index contributed by atoms with van der Waals surface area (Å²) in [5, 5.41) is 9.11. The van der Waals surface area contributed by atoms with Crippen molar-refractivity contribution < 1.29 is 9.52 Å². The number of para-hydroxylation sites is 2. The molecule has 0 fully saturated rings. The van der Waals surface area contributed by atoms with Crippen LogP contribution in [0.25, 0.3) is 11.1 Å². The SMILES string of the molecule is CC(CO)SCCn1c(=O)oc2ccccc21. The first-order valence-electron chi connectivity index (χ1n) is 5.53. The average Bonchev–Trinajstić information content (AvgIpc) is 2.66. The van der Waals surface area contributed by atoms with Crippen LogP contribution in [-0.2, 0) is 6.54 Å². The molecular formula is C12H15NO3S. The molecule has 2 aromatic rings. The average molecular weight is 253 g/mol. The molecule has 2 rings (SSSR count). The molecule has 0 amide bonds. The van der Waals surface area contributed by atoms with Gasteiger partial charge in [-0.3, -0.25) is 4.57 Å². The third-order valence-electron chi connectivity index (χ3n) is 2.55. The smallest absolute Gasteiger partial charge is 0.408 e. The number of hydrogen-bond acceptors (Lipinski definition) is 4. The number of oxazole rings is 1. The van der Waals surface area contributed by atoms with E-state index >= 15 is 0 Å². The predicted octanol–water partition coefficient (Wildman–Crippen LogP) is 1.71. The summed E-state index contributed by atoms with van der Waals surface area (Å²) in [4.78, 5) is 11.6. The molecule has 0 saturated heterocycles. The lowest BCUT2D eigenvalue weighted by Crippen LogP contribution is -2.16. The van der Waals surface area contributed by atoms with E-state index in [0.29, 0.717) is 12.1 Å². The molecule has 0 saturated carbocycles. The highest BCUT2D eigenvalue weighted by Gasteiger charge is 2.08. The zero-order valence-corrected chi connectivity index (χ0v) is 10.4. The van der Waals surface area contributed by atoms with Crippen LogP contribution in [0.2, 0.25) is 0 Å². The largest absolute Gasteiger partial charge is 0.419 e.